The first-order chi connectivity index (χ1) is 12.6. The molecule has 0 aliphatic carbocycles. The quantitative estimate of drug-likeness (QED) is 0.741. The van der Waals surface area contributed by atoms with Gasteiger partial charge in [-0.2, -0.15) is 0 Å². The lowest BCUT2D eigenvalue weighted by Crippen LogP contribution is -2.31. The number of carboxylic acids is 1. The average Bonchev–Trinajstić information content (AvgIpc) is 3.26. The number of carbonyl (C=O) groups excluding carboxylic acids is 1. The van der Waals surface area contributed by atoms with Crippen molar-refractivity contribution in [3.8, 4) is 16.9 Å². The standard InChI is InChI=1S/C20H18N2O4/c23-19(21-11-20(24)25)12-22-7-5-15-9-13(1-3-17(15)22)14-2-4-18-16(10-14)6-8-26-18/h1-5,7,9-10H,6,8,11-12H2,(H,21,23)(H,24,25). The minimum Gasteiger partial charge on any atom is -0.493 e. The summed E-state index contributed by atoms with van der Waals surface area (Å²) in [6.07, 6.45) is 2.78. The molecule has 6 nitrogen and oxygen atoms in total. The van der Waals surface area contributed by atoms with Gasteiger partial charge in [-0.05, 0) is 47.0 Å². The summed E-state index contributed by atoms with van der Waals surface area (Å²) in [5, 5.41) is 12.0. The maximum absolute atomic E-state index is 11.8. The largest absolute Gasteiger partial charge is 0.493 e. The molecule has 3 aromatic rings. The number of hydrogen-bond acceptors (Lipinski definition) is 3. The van der Waals surface area contributed by atoms with Crippen molar-refractivity contribution in [3.63, 3.8) is 0 Å². The van der Waals surface area contributed by atoms with Gasteiger partial charge in [-0.25, -0.2) is 0 Å². The Bertz CT molecular complexity index is 1010. The fourth-order valence-electron chi connectivity index (χ4n) is 3.27. The number of aromatic nitrogens is 1. The molecule has 4 rings (SSSR count). The van der Waals surface area contributed by atoms with Gasteiger partial charge in [-0.1, -0.05) is 12.1 Å². The van der Waals surface area contributed by atoms with Crippen LogP contribution in [-0.2, 0) is 22.6 Å². The van der Waals surface area contributed by atoms with Crippen LogP contribution in [0, 0.1) is 0 Å². The number of amides is 1. The van der Waals surface area contributed by atoms with E-state index < -0.39 is 5.97 Å². The van der Waals surface area contributed by atoms with Gasteiger partial charge < -0.3 is 19.7 Å². The third-order valence-electron chi connectivity index (χ3n) is 4.54. The maximum Gasteiger partial charge on any atom is 0.322 e. The lowest BCUT2D eigenvalue weighted by molar-refractivity contribution is -0.138. The minimum atomic E-state index is -1.06. The summed E-state index contributed by atoms with van der Waals surface area (Å²) in [5.74, 6) is -0.416. The number of nitrogens with zero attached hydrogens (tertiary/aromatic N) is 1. The molecule has 1 aromatic heterocycles. The van der Waals surface area contributed by atoms with E-state index in [1.54, 1.807) is 0 Å². The smallest absolute Gasteiger partial charge is 0.322 e. The van der Waals surface area contributed by atoms with E-state index in [1.807, 2.05) is 35.0 Å². The highest BCUT2D eigenvalue weighted by Gasteiger charge is 2.13. The van der Waals surface area contributed by atoms with E-state index in [1.165, 1.54) is 5.56 Å². The van der Waals surface area contributed by atoms with Crippen molar-refractivity contribution in [2.24, 2.45) is 0 Å². The summed E-state index contributed by atoms with van der Waals surface area (Å²) in [7, 11) is 0. The SMILES string of the molecule is O=C(O)CNC(=O)Cn1ccc2cc(-c3ccc4c(c3)CCO4)ccc21. The molecule has 2 aromatic carbocycles. The van der Waals surface area contributed by atoms with Crippen LogP contribution in [0.15, 0.2) is 48.7 Å². The second-order valence-corrected chi connectivity index (χ2v) is 6.31. The van der Waals surface area contributed by atoms with E-state index in [-0.39, 0.29) is 19.0 Å². The Hall–Kier alpha value is -3.28. The van der Waals surface area contributed by atoms with Gasteiger partial charge in [0.15, 0.2) is 0 Å². The molecular formula is C20H18N2O4. The average molecular weight is 350 g/mol. The number of aliphatic carboxylic acids is 1. The van der Waals surface area contributed by atoms with E-state index in [2.05, 4.69) is 23.5 Å². The maximum atomic E-state index is 11.8. The molecule has 0 saturated heterocycles. The molecule has 1 aliphatic heterocycles. The predicted molar refractivity (Wildman–Crippen MR) is 97.2 cm³/mol. The molecule has 6 heteroatoms. The van der Waals surface area contributed by atoms with Crippen LogP contribution in [0.3, 0.4) is 0 Å². The van der Waals surface area contributed by atoms with Crippen molar-refractivity contribution in [1.29, 1.82) is 0 Å². The topological polar surface area (TPSA) is 80.6 Å². The summed E-state index contributed by atoms with van der Waals surface area (Å²) >= 11 is 0. The fourth-order valence-corrected chi connectivity index (χ4v) is 3.27. The van der Waals surface area contributed by atoms with Crippen molar-refractivity contribution < 1.29 is 19.4 Å². The molecule has 0 saturated carbocycles. The zero-order valence-corrected chi connectivity index (χ0v) is 14.1. The van der Waals surface area contributed by atoms with Crippen molar-refractivity contribution in [3.05, 3.63) is 54.2 Å². The van der Waals surface area contributed by atoms with Crippen LogP contribution >= 0.6 is 0 Å². The molecular weight excluding hydrogens is 332 g/mol. The first-order valence-electron chi connectivity index (χ1n) is 8.43. The molecule has 0 bridgehead atoms. The Morgan fingerprint density at radius 1 is 1.12 bits per heavy atom. The Kier molecular flexibility index (Phi) is 4.08. The van der Waals surface area contributed by atoms with Gasteiger partial charge in [-0.15, -0.1) is 0 Å². The molecule has 0 unspecified atom stereocenters. The highest BCUT2D eigenvalue weighted by Crippen LogP contribution is 2.32. The van der Waals surface area contributed by atoms with E-state index in [0.29, 0.717) is 0 Å². The van der Waals surface area contributed by atoms with Crippen LogP contribution in [-0.4, -0.2) is 34.7 Å². The number of rotatable bonds is 5. The van der Waals surface area contributed by atoms with Crippen LogP contribution in [0.4, 0.5) is 0 Å². The van der Waals surface area contributed by atoms with Gasteiger partial charge in [0.1, 0.15) is 18.8 Å². The second-order valence-electron chi connectivity index (χ2n) is 6.31. The molecule has 0 atom stereocenters. The van der Waals surface area contributed by atoms with Crippen LogP contribution < -0.4 is 10.1 Å². The highest BCUT2D eigenvalue weighted by molar-refractivity contribution is 5.88. The molecule has 26 heavy (non-hydrogen) atoms. The highest BCUT2D eigenvalue weighted by atomic mass is 16.5. The van der Waals surface area contributed by atoms with E-state index in [4.69, 9.17) is 9.84 Å². The Morgan fingerprint density at radius 2 is 1.92 bits per heavy atom. The minimum absolute atomic E-state index is 0.0896. The van der Waals surface area contributed by atoms with E-state index in [0.717, 1.165) is 40.8 Å². The molecule has 0 fully saturated rings. The van der Waals surface area contributed by atoms with Gasteiger partial charge >= 0.3 is 5.97 Å². The van der Waals surface area contributed by atoms with Crippen molar-refractivity contribution in [1.82, 2.24) is 9.88 Å². The summed E-state index contributed by atoms with van der Waals surface area (Å²) in [6.45, 7) is 0.459. The van der Waals surface area contributed by atoms with Gasteiger partial charge in [-0.3, -0.25) is 9.59 Å². The molecule has 0 radical (unpaired) electrons. The predicted octanol–water partition coefficient (Wildman–Crippen LogP) is 2.44. The van der Waals surface area contributed by atoms with Crippen LogP contribution in [0.2, 0.25) is 0 Å². The number of benzene rings is 2. The van der Waals surface area contributed by atoms with Crippen molar-refractivity contribution >= 4 is 22.8 Å². The Morgan fingerprint density at radius 3 is 2.77 bits per heavy atom. The summed E-state index contributed by atoms with van der Waals surface area (Å²) < 4.78 is 7.37. The van der Waals surface area contributed by atoms with Crippen LogP contribution in [0.1, 0.15) is 5.56 Å². The van der Waals surface area contributed by atoms with Gasteiger partial charge in [0.25, 0.3) is 0 Å². The monoisotopic (exact) mass is 350 g/mol. The number of hydrogen-bond donors (Lipinski definition) is 2. The second kappa shape index (κ2) is 6.55. The molecule has 132 valence electrons. The molecule has 1 aliphatic rings. The third kappa shape index (κ3) is 3.13. The molecule has 2 N–H and O–H groups in total. The number of carbonyl (C=O) groups is 2. The van der Waals surface area contributed by atoms with Crippen molar-refractivity contribution in [2.75, 3.05) is 13.2 Å². The van der Waals surface area contributed by atoms with Crippen LogP contribution in [0.25, 0.3) is 22.0 Å². The van der Waals surface area contributed by atoms with Gasteiger partial charge in [0.2, 0.25) is 5.91 Å². The normalized spacial score (nSPS) is 12.6. The summed E-state index contributed by atoms with van der Waals surface area (Å²) in [6, 6.07) is 14.3. The number of carboxylic acid groups (broad SMARTS) is 1. The van der Waals surface area contributed by atoms with Crippen LogP contribution in [0.5, 0.6) is 5.75 Å². The van der Waals surface area contributed by atoms with E-state index >= 15 is 0 Å². The summed E-state index contributed by atoms with van der Waals surface area (Å²) in [4.78, 5) is 22.4. The summed E-state index contributed by atoms with van der Waals surface area (Å²) in [5.41, 5.74) is 4.42. The van der Waals surface area contributed by atoms with E-state index in [9.17, 15) is 9.59 Å². The first kappa shape index (κ1) is 16.2. The zero-order valence-electron chi connectivity index (χ0n) is 14.1. The Labute approximate surface area is 150 Å². The van der Waals surface area contributed by atoms with Gasteiger partial charge in [0.05, 0.1) is 6.61 Å². The molecule has 2 heterocycles. The number of fused-ring (bicyclic) bond motifs is 2. The number of ether oxygens (including phenoxy) is 1. The fraction of sp³-hybridized carbons (Fsp3) is 0.200. The molecule has 1 amide bonds. The zero-order chi connectivity index (χ0) is 18.1. The third-order valence-corrected chi connectivity index (χ3v) is 4.54. The van der Waals surface area contributed by atoms with Gasteiger partial charge in [0, 0.05) is 23.5 Å². The lowest BCUT2D eigenvalue weighted by atomic mass is 10.0. The first-order valence-corrected chi connectivity index (χ1v) is 8.43. The molecule has 0 spiro atoms. The lowest BCUT2D eigenvalue weighted by Gasteiger charge is -2.08. The Balaban J connectivity index is 1.57. The van der Waals surface area contributed by atoms with Crippen molar-refractivity contribution in [2.45, 2.75) is 13.0 Å². The number of nitrogens with one attached hydrogen (secondary N) is 1.